The number of nitrogens with zero attached hydrogens (tertiary/aromatic N) is 1. The number of hydrogen-bond donors (Lipinski definition) is 4. The van der Waals surface area contributed by atoms with Crippen LogP contribution in [0.3, 0.4) is 0 Å². The summed E-state index contributed by atoms with van der Waals surface area (Å²) in [5, 5.41) is 12.6. The van der Waals surface area contributed by atoms with Crippen molar-refractivity contribution in [2.24, 2.45) is 0 Å². The van der Waals surface area contributed by atoms with Gasteiger partial charge < -0.3 is 20.3 Å². The van der Waals surface area contributed by atoms with E-state index in [1.165, 1.54) is 0 Å². The molecule has 0 aliphatic rings. The molecule has 1 rings (SSSR count). The summed E-state index contributed by atoms with van der Waals surface area (Å²) >= 11 is 0. The van der Waals surface area contributed by atoms with Crippen LogP contribution in [0, 0.1) is 0 Å². The molecule has 1 aromatic heterocycles. The topological polar surface area (TPSA) is 118 Å². The van der Waals surface area contributed by atoms with Crippen LogP contribution < -0.4 is 16.6 Å². The predicted octanol–water partition coefficient (Wildman–Crippen LogP) is -1.97. The second-order valence-electron chi connectivity index (χ2n) is 5.30. The number of aromatic nitrogens is 2. The van der Waals surface area contributed by atoms with Gasteiger partial charge in [0.2, 0.25) is 5.91 Å². The van der Waals surface area contributed by atoms with E-state index in [1.807, 2.05) is 19.1 Å². The molecule has 0 aliphatic carbocycles. The van der Waals surface area contributed by atoms with Gasteiger partial charge in [-0.3, -0.25) is 14.6 Å². The molecule has 1 atom stereocenters. The summed E-state index contributed by atoms with van der Waals surface area (Å²) in [6.07, 6.45) is -0.128. The lowest BCUT2D eigenvalue weighted by Gasteiger charge is -2.27. The number of likely N-dealkylation sites (N-methyl/N-ethyl adjacent to an activating group) is 1. The largest absolute Gasteiger partial charge is 0.387 e. The van der Waals surface area contributed by atoms with Gasteiger partial charge in [-0.05, 0) is 21.0 Å². The van der Waals surface area contributed by atoms with Gasteiger partial charge in [-0.15, -0.1) is 0 Å². The molecular formula is C12H20N4O4. The fourth-order valence-electron chi connectivity index (χ4n) is 1.88. The molecule has 1 heterocycles. The summed E-state index contributed by atoms with van der Waals surface area (Å²) in [6.45, 7) is 2.09. The average molecular weight is 284 g/mol. The zero-order valence-electron chi connectivity index (χ0n) is 11.8. The Bertz CT molecular complexity index is 545. The number of nitrogens with one attached hydrogen (secondary N) is 3. The van der Waals surface area contributed by atoms with E-state index in [-0.39, 0.29) is 24.6 Å². The van der Waals surface area contributed by atoms with Crippen LogP contribution in [0.1, 0.15) is 12.6 Å². The van der Waals surface area contributed by atoms with E-state index in [1.54, 1.807) is 11.8 Å². The van der Waals surface area contributed by atoms with E-state index in [4.69, 9.17) is 0 Å². The maximum absolute atomic E-state index is 11.7. The lowest BCUT2D eigenvalue weighted by molar-refractivity contribution is -0.121. The van der Waals surface area contributed by atoms with Crippen molar-refractivity contribution in [2.75, 3.05) is 27.2 Å². The van der Waals surface area contributed by atoms with Gasteiger partial charge in [-0.2, -0.15) is 0 Å². The van der Waals surface area contributed by atoms with Gasteiger partial charge in [-0.1, -0.05) is 0 Å². The summed E-state index contributed by atoms with van der Waals surface area (Å²) in [5.74, 6) is -0.384. The highest BCUT2D eigenvalue weighted by atomic mass is 16.3. The average Bonchev–Trinajstić information content (AvgIpc) is 2.23. The van der Waals surface area contributed by atoms with Gasteiger partial charge in [0, 0.05) is 24.8 Å². The van der Waals surface area contributed by atoms with Crippen molar-refractivity contribution in [3.05, 3.63) is 32.6 Å². The van der Waals surface area contributed by atoms with Crippen molar-refractivity contribution < 1.29 is 9.90 Å². The number of carbonyl (C=O) groups is 1. The van der Waals surface area contributed by atoms with Gasteiger partial charge in [-0.25, -0.2) is 4.79 Å². The van der Waals surface area contributed by atoms with Crippen LogP contribution in [-0.2, 0) is 11.2 Å². The molecule has 0 aromatic carbocycles. The Balaban J connectivity index is 2.56. The van der Waals surface area contributed by atoms with Crippen LogP contribution in [0.15, 0.2) is 15.7 Å². The minimum atomic E-state index is -1.05. The van der Waals surface area contributed by atoms with Crippen LogP contribution >= 0.6 is 0 Å². The van der Waals surface area contributed by atoms with Crippen molar-refractivity contribution in [1.29, 1.82) is 0 Å². The summed E-state index contributed by atoms with van der Waals surface area (Å²) in [4.78, 5) is 40.0. The Morgan fingerprint density at radius 1 is 1.40 bits per heavy atom. The van der Waals surface area contributed by atoms with Crippen LogP contribution in [0.5, 0.6) is 0 Å². The molecule has 112 valence electrons. The molecule has 4 N–H and O–H groups in total. The molecule has 8 nitrogen and oxygen atoms in total. The Labute approximate surface area is 115 Å². The third-order valence-corrected chi connectivity index (χ3v) is 2.49. The van der Waals surface area contributed by atoms with Crippen LogP contribution in [0.4, 0.5) is 0 Å². The van der Waals surface area contributed by atoms with E-state index in [0.29, 0.717) is 6.54 Å². The molecule has 0 fully saturated rings. The van der Waals surface area contributed by atoms with Gasteiger partial charge >= 0.3 is 5.69 Å². The second-order valence-corrected chi connectivity index (χ2v) is 5.30. The molecule has 8 heteroatoms. The summed E-state index contributed by atoms with van der Waals surface area (Å²) < 4.78 is 0. The van der Waals surface area contributed by atoms with Crippen LogP contribution in [-0.4, -0.2) is 58.7 Å². The number of amides is 1. The molecule has 0 saturated heterocycles. The molecule has 1 amide bonds. The summed E-state index contributed by atoms with van der Waals surface area (Å²) in [5.41, 5.74) is -2.04. The van der Waals surface area contributed by atoms with Gasteiger partial charge in [0.25, 0.3) is 5.56 Å². The van der Waals surface area contributed by atoms with Crippen molar-refractivity contribution in [3.63, 3.8) is 0 Å². The SMILES string of the molecule is CN(C)CC(C)(O)CNC(=O)Cc1cc(=O)[nH]c(=O)[nH]1. The van der Waals surface area contributed by atoms with E-state index in [0.717, 1.165) is 6.07 Å². The Kier molecular flexibility index (Phi) is 5.23. The molecule has 0 spiro atoms. The molecule has 1 aromatic rings. The van der Waals surface area contributed by atoms with Crippen LogP contribution in [0.25, 0.3) is 0 Å². The first-order valence-electron chi connectivity index (χ1n) is 6.14. The smallest absolute Gasteiger partial charge is 0.325 e. The lowest BCUT2D eigenvalue weighted by atomic mass is 10.1. The van der Waals surface area contributed by atoms with E-state index in [9.17, 15) is 19.5 Å². The number of aromatic amines is 2. The van der Waals surface area contributed by atoms with Crippen molar-refractivity contribution in [2.45, 2.75) is 18.9 Å². The number of rotatable bonds is 6. The highest BCUT2D eigenvalue weighted by Crippen LogP contribution is 2.02. The third-order valence-electron chi connectivity index (χ3n) is 2.49. The first kappa shape index (κ1) is 16.1. The summed E-state index contributed by atoms with van der Waals surface area (Å²) in [6, 6.07) is 1.15. The lowest BCUT2D eigenvalue weighted by Crippen LogP contribution is -2.47. The number of aliphatic hydroxyl groups is 1. The first-order valence-corrected chi connectivity index (χ1v) is 6.14. The molecule has 20 heavy (non-hydrogen) atoms. The minimum absolute atomic E-state index is 0.0808. The monoisotopic (exact) mass is 284 g/mol. The number of carbonyl (C=O) groups excluding carboxylic acids is 1. The van der Waals surface area contributed by atoms with E-state index in [2.05, 4.69) is 10.3 Å². The predicted molar refractivity (Wildman–Crippen MR) is 73.6 cm³/mol. The molecule has 0 bridgehead atoms. The van der Waals surface area contributed by atoms with E-state index < -0.39 is 16.9 Å². The Morgan fingerprint density at radius 3 is 2.60 bits per heavy atom. The number of H-pyrrole nitrogens is 2. The van der Waals surface area contributed by atoms with Gasteiger partial charge in [0.15, 0.2) is 0 Å². The van der Waals surface area contributed by atoms with Crippen molar-refractivity contribution in [1.82, 2.24) is 20.2 Å². The zero-order chi connectivity index (χ0) is 15.3. The molecule has 0 aliphatic heterocycles. The molecular weight excluding hydrogens is 264 g/mol. The molecule has 1 unspecified atom stereocenters. The Morgan fingerprint density at radius 2 is 2.05 bits per heavy atom. The van der Waals surface area contributed by atoms with Crippen molar-refractivity contribution >= 4 is 5.91 Å². The highest BCUT2D eigenvalue weighted by Gasteiger charge is 2.22. The van der Waals surface area contributed by atoms with E-state index >= 15 is 0 Å². The standard InChI is InChI=1S/C12H20N4O4/c1-12(20,7-16(2)3)6-13-9(17)4-8-5-10(18)15-11(19)14-8/h5,20H,4,6-7H2,1-3H3,(H,13,17)(H2,14,15,18,19). The Hall–Kier alpha value is -1.93. The van der Waals surface area contributed by atoms with Gasteiger partial charge in [0.05, 0.1) is 12.0 Å². The molecule has 0 saturated carbocycles. The maximum atomic E-state index is 11.7. The van der Waals surface area contributed by atoms with Crippen LogP contribution in [0.2, 0.25) is 0 Å². The minimum Gasteiger partial charge on any atom is -0.387 e. The maximum Gasteiger partial charge on any atom is 0.325 e. The fourth-order valence-corrected chi connectivity index (χ4v) is 1.88. The second kappa shape index (κ2) is 6.49. The van der Waals surface area contributed by atoms with Crippen molar-refractivity contribution in [3.8, 4) is 0 Å². The normalized spacial score (nSPS) is 14.1. The van der Waals surface area contributed by atoms with Gasteiger partial charge in [0.1, 0.15) is 0 Å². The third kappa shape index (κ3) is 5.81. The zero-order valence-corrected chi connectivity index (χ0v) is 11.8. The molecule has 0 radical (unpaired) electrons. The summed E-state index contributed by atoms with van der Waals surface area (Å²) in [7, 11) is 3.63. The first-order chi connectivity index (χ1) is 9.18. The fraction of sp³-hybridized carbons (Fsp3) is 0.583. The highest BCUT2D eigenvalue weighted by molar-refractivity contribution is 5.78. The quantitative estimate of drug-likeness (QED) is 0.483. The number of hydrogen-bond acceptors (Lipinski definition) is 5.